The molecule has 0 saturated carbocycles. The van der Waals surface area contributed by atoms with Gasteiger partial charge in [-0.15, -0.1) is 0 Å². The Bertz CT molecular complexity index is 796. The average Bonchev–Trinajstić information content (AvgIpc) is 2.54. The van der Waals surface area contributed by atoms with E-state index in [-0.39, 0.29) is 23.9 Å². The first-order valence-corrected chi connectivity index (χ1v) is 9.75. The Labute approximate surface area is 151 Å². The van der Waals surface area contributed by atoms with Gasteiger partial charge in [0.25, 0.3) is 5.91 Å². The lowest BCUT2D eigenvalue weighted by molar-refractivity contribution is 0.0954. The predicted octanol–water partition coefficient (Wildman–Crippen LogP) is 2.92. The van der Waals surface area contributed by atoms with Crippen molar-refractivity contribution in [2.45, 2.75) is 4.90 Å². The summed E-state index contributed by atoms with van der Waals surface area (Å²) >= 11 is 6.46. The van der Waals surface area contributed by atoms with Crippen molar-refractivity contribution in [2.24, 2.45) is 0 Å². The lowest BCUT2D eigenvalue weighted by Gasteiger charge is -2.10. The van der Waals surface area contributed by atoms with Crippen molar-refractivity contribution in [3.8, 4) is 0 Å². The number of nitrogens with one attached hydrogen (secondary N) is 2. The maximum atomic E-state index is 12.2. The summed E-state index contributed by atoms with van der Waals surface area (Å²) in [6, 6.07) is 13.6. The smallest absolute Gasteiger partial charge is 0.251 e. The number of carbonyl (C=O) groups is 1. The molecule has 0 atom stereocenters. The molecule has 8 heteroatoms. The second-order valence-corrected chi connectivity index (χ2v) is 8.10. The quantitative estimate of drug-likeness (QED) is 0.649. The molecule has 0 heterocycles. The van der Waals surface area contributed by atoms with Gasteiger partial charge in [0.1, 0.15) is 0 Å². The van der Waals surface area contributed by atoms with Crippen LogP contribution in [0.25, 0.3) is 0 Å². The maximum Gasteiger partial charge on any atom is 0.251 e. The van der Waals surface area contributed by atoms with Gasteiger partial charge in [0.05, 0.1) is 4.90 Å². The van der Waals surface area contributed by atoms with Gasteiger partial charge in [-0.1, -0.05) is 34.1 Å². The zero-order chi connectivity index (χ0) is 16.9. The van der Waals surface area contributed by atoms with E-state index in [2.05, 4.69) is 41.9 Å². The lowest BCUT2D eigenvalue weighted by Crippen LogP contribution is -2.34. The molecule has 2 rings (SSSR count). The van der Waals surface area contributed by atoms with Crippen molar-refractivity contribution < 1.29 is 13.2 Å². The first kappa shape index (κ1) is 18.1. The molecule has 122 valence electrons. The van der Waals surface area contributed by atoms with Crippen LogP contribution in [0.1, 0.15) is 10.4 Å². The molecular formula is C15H14Br2N2O3S. The van der Waals surface area contributed by atoms with Crippen molar-refractivity contribution in [1.82, 2.24) is 10.0 Å². The fourth-order valence-corrected chi connectivity index (χ4v) is 4.35. The monoisotopic (exact) mass is 460 g/mol. The normalized spacial score (nSPS) is 11.2. The van der Waals surface area contributed by atoms with E-state index < -0.39 is 10.0 Å². The summed E-state index contributed by atoms with van der Waals surface area (Å²) in [6.07, 6.45) is 0. The van der Waals surface area contributed by atoms with Crippen molar-refractivity contribution >= 4 is 47.8 Å². The van der Waals surface area contributed by atoms with Crippen LogP contribution in [0.5, 0.6) is 0 Å². The number of hydrogen-bond acceptors (Lipinski definition) is 3. The van der Waals surface area contributed by atoms with Gasteiger partial charge in [-0.25, -0.2) is 13.1 Å². The second kappa shape index (κ2) is 8.05. The van der Waals surface area contributed by atoms with Gasteiger partial charge in [0.2, 0.25) is 10.0 Å². The molecule has 0 aliphatic heterocycles. The number of benzene rings is 2. The number of carbonyl (C=O) groups excluding carboxylic acids is 1. The molecule has 0 aliphatic rings. The molecule has 1 amide bonds. The van der Waals surface area contributed by atoms with E-state index in [0.717, 1.165) is 0 Å². The third-order valence-electron chi connectivity index (χ3n) is 2.92. The van der Waals surface area contributed by atoms with Gasteiger partial charge in [-0.3, -0.25) is 4.79 Å². The van der Waals surface area contributed by atoms with E-state index in [4.69, 9.17) is 0 Å². The molecule has 0 radical (unpaired) electrons. The summed E-state index contributed by atoms with van der Waals surface area (Å²) in [5, 5.41) is 2.66. The van der Waals surface area contributed by atoms with Crippen LogP contribution in [-0.2, 0) is 10.0 Å². The van der Waals surface area contributed by atoms with Crippen LogP contribution in [0.4, 0.5) is 0 Å². The number of rotatable bonds is 6. The highest BCUT2D eigenvalue weighted by atomic mass is 79.9. The highest BCUT2D eigenvalue weighted by Gasteiger charge is 2.17. The van der Waals surface area contributed by atoms with E-state index in [0.29, 0.717) is 14.5 Å². The van der Waals surface area contributed by atoms with E-state index in [1.165, 1.54) is 6.07 Å². The van der Waals surface area contributed by atoms with Gasteiger partial charge in [0, 0.05) is 27.6 Å². The summed E-state index contributed by atoms with van der Waals surface area (Å²) < 4.78 is 28.1. The minimum atomic E-state index is -3.65. The zero-order valence-electron chi connectivity index (χ0n) is 11.9. The summed E-state index contributed by atoms with van der Waals surface area (Å²) in [6.45, 7) is 0.290. The van der Waals surface area contributed by atoms with Crippen LogP contribution in [0.2, 0.25) is 0 Å². The Morgan fingerprint density at radius 2 is 1.70 bits per heavy atom. The van der Waals surface area contributed by atoms with Crippen molar-refractivity contribution in [3.63, 3.8) is 0 Å². The molecule has 0 fully saturated rings. The minimum absolute atomic E-state index is 0.0971. The van der Waals surface area contributed by atoms with Crippen molar-refractivity contribution in [3.05, 3.63) is 63.0 Å². The third kappa shape index (κ3) is 5.13. The van der Waals surface area contributed by atoms with E-state index in [1.807, 2.05) is 6.07 Å². The molecule has 2 aromatic rings. The Balaban J connectivity index is 1.90. The van der Waals surface area contributed by atoms with Gasteiger partial charge in [0.15, 0.2) is 0 Å². The largest absolute Gasteiger partial charge is 0.351 e. The fraction of sp³-hybridized carbons (Fsp3) is 0.133. The Morgan fingerprint density at radius 1 is 1.00 bits per heavy atom. The number of amides is 1. The molecule has 5 nitrogen and oxygen atoms in total. The summed E-state index contributed by atoms with van der Waals surface area (Å²) in [5.74, 6) is -0.242. The highest BCUT2D eigenvalue weighted by molar-refractivity contribution is 9.11. The van der Waals surface area contributed by atoms with E-state index in [9.17, 15) is 13.2 Å². The van der Waals surface area contributed by atoms with Crippen molar-refractivity contribution in [2.75, 3.05) is 13.1 Å². The third-order valence-corrected chi connectivity index (χ3v) is 5.87. The van der Waals surface area contributed by atoms with Gasteiger partial charge in [-0.05, 0) is 46.3 Å². The fourth-order valence-electron chi connectivity index (χ4n) is 1.81. The second-order valence-electron chi connectivity index (χ2n) is 4.59. The van der Waals surface area contributed by atoms with Gasteiger partial charge >= 0.3 is 0 Å². The van der Waals surface area contributed by atoms with Crippen LogP contribution in [-0.4, -0.2) is 27.4 Å². The average molecular weight is 462 g/mol. The van der Waals surface area contributed by atoms with Crippen LogP contribution >= 0.6 is 31.9 Å². The Hall–Kier alpha value is -1.22. The lowest BCUT2D eigenvalue weighted by atomic mass is 10.2. The topological polar surface area (TPSA) is 75.3 Å². The highest BCUT2D eigenvalue weighted by Crippen LogP contribution is 2.25. The zero-order valence-corrected chi connectivity index (χ0v) is 15.9. The van der Waals surface area contributed by atoms with Crippen LogP contribution in [0.15, 0.2) is 62.4 Å². The molecule has 2 aromatic carbocycles. The van der Waals surface area contributed by atoms with E-state index >= 15 is 0 Å². The van der Waals surface area contributed by atoms with E-state index in [1.54, 1.807) is 36.4 Å². The standard InChI is InChI=1S/C15H14Br2N2O3S/c16-12-6-7-13(17)14(10-12)23(21,22)19-9-8-18-15(20)11-4-2-1-3-5-11/h1-7,10,19H,8-9H2,(H,18,20). The molecule has 0 bridgehead atoms. The SMILES string of the molecule is O=C(NCCNS(=O)(=O)c1cc(Br)ccc1Br)c1ccccc1. The predicted molar refractivity (Wildman–Crippen MR) is 95.8 cm³/mol. The summed E-state index contributed by atoms with van der Waals surface area (Å²) in [5.41, 5.74) is 0.532. The Kier molecular flexibility index (Phi) is 6.34. The first-order valence-electron chi connectivity index (χ1n) is 6.68. The molecular weight excluding hydrogens is 448 g/mol. The first-order chi connectivity index (χ1) is 10.9. The number of hydrogen-bond donors (Lipinski definition) is 2. The molecule has 0 aliphatic carbocycles. The molecule has 23 heavy (non-hydrogen) atoms. The van der Waals surface area contributed by atoms with Gasteiger partial charge < -0.3 is 5.32 Å². The summed E-state index contributed by atoms with van der Waals surface area (Å²) in [4.78, 5) is 12.0. The molecule has 0 aromatic heterocycles. The molecule has 2 N–H and O–H groups in total. The minimum Gasteiger partial charge on any atom is -0.351 e. The number of halogens is 2. The molecule has 0 unspecified atom stereocenters. The Morgan fingerprint density at radius 3 is 2.39 bits per heavy atom. The van der Waals surface area contributed by atoms with Crippen LogP contribution in [0.3, 0.4) is 0 Å². The van der Waals surface area contributed by atoms with Crippen LogP contribution < -0.4 is 10.0 Å². The molecule has 0 saturated heterocycles. The van der Waals surface area contributed by atoms with Gasteiger partial charge in [-0.2, -0.15) is 0 Å². The molecule has 0 spiro atoms. The van der Waals surface area contributed by atoms with Crippen LogP contribution in [0, 0.1) is 0 Å². The maximum absolute atomic E-state index is 12.2. The van der Waals surface area contributed by atoms with Crippen molar-refractivity contribution in [1.29, 1.82) is 0 Å². The number of sulfonamides is 1. The summed E-state index contributed by atoms with van der Waals surface area (Å²) in [7, 11) is -3.65.